The normalized spacial score (nSPS) is 12.6. The van der Waals surface area contributed by atoms with Gasteiger partial charge in [0.2, 0.25) is 0 Å². The molecule has 0 aliphatic rings. The van der Waals surface area contributed by atoms with E-state index in [9.17, 15) is 4.39 Å². The zero-order valence-electron chi connectivity index (χ0n) is 11.2. The van der Waals surface area contributed by atoms with Crippen molar-refractivity contribution in [3.63, 3.8) is 0 Å². The van der Waals surface area contributed by atoms with E-state index in [4.69, 9.17) is 5.84 Å². The smallest absolute Gasteiger partial charge is 0.123 e. The molecule has 0 saturated heterocycles. The Kier molecular flexibility index (Phi) is 4.29. The van der Waals surface area contributed by atoms with Crippen molar-refractivity contribution in [1.82, 2.24) is 15.0 Å². The highest BCUT2D eigenvalue weighted by Crippen LogP contribution is 2.22. The van der Waals surface area contributed by atoms with Gasteiger partial charge in [-0.25, -0.2) is 9.37 Å². The van der Waals surface area contributed by atoms with E-state index in [1.807, 2.05) is 24.7 Å². The number of hydrogen-bond donors (Lipinski definition) is 2. The minimum absolute atomic E-state index is 0.0765. The number of halogens is 1. The second kappa shape index (κ2) is 5.95. The molecule has 0 aliphatic heterocycles. The van der Waals surface area contributed by atoms with Gasteiger partial charge in [-0.05, 0) is 36.6 Å². The van der Waals surface area contributed by atoms with E-state index in [0.29, 0.717) is 0 Å². The van der Waals surface area contributed by atoms with Crippen LogP contribution in [0.25, 0.3) is 0 Å². The van der Waals surface area contributed by atoms with Gasteiger partial charge in [0.15, 0.2) is 0 Å². The third-order valence-electron chi connectivity index (χ3n) is 3.40. The maximum Gasteiger partial charge on any atom is 0.123 e. The van der Waals surface area contributed by atoms with E-state index in [1.165, 1.54) is 12.1 Å². The first kappa shape index (κ1) is 13.7. The lowest BCUT2D eigenvalue weighted by atomic mass is 9.97. The molecule has 5 heteroatoms. The third-order valence-corrected chi connectivity index (χ3v) is 3.40. The molecule has 1 aromatic heterocycles. The summed E-state index contributed by atoms with van der Waals surface area (Å²) < 4.78 is 15.3. The van der Waals surface area contributed by atoms with Crippen LogP contribution < -0.4 is 11.3 Å². The molecule has 2 rings (SSSR count). The van der Waals surface area contributed by atoms with Crippen molar-refractivity contribution in [3.8, 4) is 0 Å². The second-order valence-electron chi connectivity index (χ2n) is 4.71. The summed E-state index contributed by atoms with van der Waals surface area (Å²) in [6.45, 7) is 1.96. The summed E-state index contributed by atoms with van der Waals surface area (Å²) in [6, 6.07) is 4.70. The Labute approximate surface area is 112 Å². The van der Waals surface area contributed by atoms with Gasteiger partial charge in [0.05, 0.1) is 0 Å². The predicted molar refractivity (Wildman–Crippen MR) is 72.7 cm³/mol. The molecule has 0 spiro atoms. The Morgan fingerprint density at radius 2 is 2.26 bits per heavy atom. The van der Waals surface area contributed by atoms with Crippen molar-refractivity contribution in [2.24, 2.45) is 12.9 Å². The van der Waals surface area contributed by atoms with Gasteiger partial charge >= 0.3 is 0 Å². The fourth-order valence-electron chi connectivity index (χ4n) is 2.23. The number of nitrogens with two attached hydrogens (primary N) is 1. The quantitative estimate of drug-likeness (QED) is 0.640. The van der Waals surface area contributed by atoms with Crippen molar-refractivity contribution in [2.45, 2.75) is 25.8 Å². The maximum absolute atomic E-state index is 13.3. The molecule has 0 saturated carbocycles. The van der Waals surface area contributed by atoms with Crippen LogP contribution in [0.1, 0.15) is 29.4 Å². The van der Waals surface area contributed by atoms with Gasteiger partial charge in [-0.15, -0.1) is 0 Å². The first-order valence-corrected chi connectivity index (χ1v) is 6.30. The number of hydrazine groups is 1. The Morgan fingerprint density at radius 1 is 1.47 bits per heavy atom. The molecule has 0 aliphatic carbocycles. The van der Waals surface area contributed by atoms with Crippen LogP contribution in [0, 0.1) is 12.7 Å². The zero-order valence-corrected chi connectivity index (χ0v) is 11.2. The molecule has 2 aromatic rings. The van der Waals surface area contributed by atoms with E-state index < -0.39 is 0 Å². The molecule has 4 nitrogen and oxygen atoms in total. The summed E-state index contributed by atoms with van der Waals surface area (Å²) in [4.78, 5) is 4.28. The number of aromatic nitrogens is 2. The van der Waals surface area contributed by atoms with Crippen LogP contribution in [0.15, 0.2) is 30.6 Å². The van der Waals surface area contributed by atoms with Gasteiger partial charge in [-0.1, -0.05) is 6.07 Å². The Hall–Kier alpha value is -1.72. The number of nitrogens with zero attached hydrogens (tertiary/aromatic N) is 2. The van der Waals surface area contributed by atoms with Crippen LogP contribution >= 0.6 is 0 Å². The van der Waals surface area contributed by atoms with Crippen molar-refractivity contribution in [3.05, 3.63) is 53.4 Å². The van der Waals surface area contributed by atoms with E-state index in [0.717, 1.165) is 29.8 Å². The minimum Gasteiger partial charge on any atom is -0.338 e. The van der Waals surface area contributed by atoms with E-state index in [2.05, 4.69) is 10.4 Å². The molecular weight excluding hydrogens is 243 g/mol. The Balaban J connectivity index is 2.12. The number of benzene rings is 1. The molecule has 0 amide bonds. The lowest BCUT2D eigenvalue weighted by molar-refractivity contribution is 0.500. The average molecular weight is 262 g/mol. The van der Waals surface area contributed by atoms with Gasteiger partial charge in [0.1, 0.15) is 11.6 Å². The number of nitrogens with one attached hydrogen (secondary N) is 1. The van der Waals surface area contributed by atoms with Crippen molar-refractivity contribution in [2.75, 3.05) is 0 Å². The third kappa shape index (κ3) is 3.19. The Morgan fingerprint density at radius 3 is 2.89 bits per heavy atom. The Bertz CT molecular complexity index is 550. The topological polar surface area (TPSA) is 55.9 Å². The molecule has 0 radical (unpaired) electrons. The largest absolute Gasteiger partial charge is 0.338 e. The number of hydrogen-bond acceptors (Lipinski definition) is 3. The predicted octanol–water partition coefficient (Wildman–Crippen LogP) is 2.00. The summed E-state index contributed by atoms with van der Waals surface area (Å²) in [7, 11) is 1.96. The van der Waals surface area contributed by atoms with Crippen LogP contribution in [0.3, 0.4) is 0 Å². The van der Waals surface area contributed by atoms with Crippen LogP contribution in [0.2, 0.25) is 0 Å². The molecule has 19 heavy (non-hydrogen) atoms. The maximum atomic E-state index is 13.3. The van der Waals surface area contributed by atoms with Crippen LogP contribution in [-0.2, 0) is 13.5 Å². The van der Waals surface area contributed by atoms with E-state index in [-0.39, 0.29) is 11.9 Å². The zero-order chi connectivity index (χ0) is 13.8. The standard InChI is InChI=1S/C14H19FN4/c1-10-3-4-11(15)9-12(10)13(18-16)5-6-14-17-7-8-19(14)2/h3-4,7-9,13,18H,5-6,16H2,1-2H3. The number of aryl methyl sites for hydroxylation is 3. The van der Waals surface area contributed by atoms with E-state index in [1.54, 1.807) is 12.3 Å². The van der Waals surface area contributed by atoms with Crippen LogP contribution in [0.4, 0.5) is 4.39 Å². The molecule has 0 bridgehead atoms. The summed E-state index contributed by atoms with van der Waals surface area (Å²) in [6.07, 6.45) is 5.24. The molecule has 1 atom stereocenters. The van der Waals surface area contributed by atoms with Gasteiger partial charge in [0.25, 0.3) is 0 Å². The molecule has 3 N–H and O–H groups in total. The molecule has 1 aromatic carbocycles. The molecular formula is C14H19FN4. The molecule has 0 fully saturated rings. The molecule has 1 heterocycles. The first-order valence-electron chi connectivity index (χ1n) is 6.30. The minimum atomic E-state index is -0.238. The van der Waals surface area contributed by atoms with Gasteiger partial charge in [-0.2, -0.15) is 0 Å². The highest BCUT2D eigenvalue weighted by atomic mass is 19.1. The van der Waals surface area contributed by atoms with Crippen molar-refractivity contribution in [1.29, 1.82) is 0 Å². The van der Waals surface area contributed by atoms with Crippen molar-refractivity contribution >= 4 is 0 Å². The van der Waals surface area contributed by atoms with Gasteiger partial charge < -0.3 is 4.57 Å². The molecule has 1 unspecified atom stereocenters. The lowest BCUT2D eigenvalue weighted by Crippen LogP contribution is -2.29. The SMILES string of the molecule is Cc1ccc(F)cc1C(CCc1nccn1C)NN. The van der Waals surface area contributed by atoms with E-state index >= 15 is 0 Å². The number of rotatable bonds is 5. The summed E-state index contributed by atoms with van der Waals surface area (Å²) in [5, 5.41) is 0. The van der Waals surface area contributed by atoms with Gasteiger partial charge in [0, 0.05) is 31.9 Å². The van der Waals surface area contributed by atoms with Gasteiger partial charge in [-0.3, -0.25) is 11.3 Å². The highest BCUT2D eigenvalue weighted by Gasteiger charge is 2.14. The highest BCUT2D eigenvalue weighted by molar-refractivity contribution is 5.29. The van der Waals surface area contributed by atoms with Crippen LogP contribution in [0.5, 0.6) is 0 Å². The summed E-state index contributed by atoms with van der Waals surface area (Å²) in [5.74, 6) is 6.36. The summed E-state index contributed by atoms with van der Waals surface area (Å²) >= 11 is 0. The fourth-order valence-corrected chi connectivity index (χ4v) is 2.23. The fraction of sp³-hybridized carbons (Fsp3) is 0.357. The first-order chi connectivity index (χ1) is 9.11. The second-order valence-corrected chi connectivity index (χ2v) is 4.71. The summed E-state index contributed by atoms with van der Waals surface area (Å²) in [5.41, 5.74) is 4.70. The monoisotopic (exact) mass is 262 g/mol. The van der Waals surface area contributed by atoms with Crippen LogP contribution in [-0.4, -0.2) is 9.55 Å². The number of imidazole rings is 1. The average Bonchev–Trinajstić information content (AvgIpc) is 2.80. The van der Waals surface area contributed by atoms with Crippen molar-refractivity contribution < 1.29 is 4.39 Å². The molecule has 102 valence electrons. The lowest BCUT2D eigenvalue weighted by Gasteiger charge is -2.18.